The molecule has 3 rings (SSSR count). The van der Waals surface area contributed by atoms with Crippen LogP contribution < -0.4 is 0 Å². The Labute approximate surface area is 174 Å². The van der Waals surface area contributed by atoms with Crippen LogP contribution in [0.2, 0.25) is 0 Å². The number of benzene rings is 1. The quantitative estimate of drug-likeness (QED) is 0.524. The van der Waals surface area contributed by atoms with Crippen molar-refractivity contribution in [1.82, 2.24) is 13.9 Å². The highest BCUT2D eigenvalue weighted by Gasteiger charge is 2.38. The van der Waals surface area contributed by atoms with Gasteiger partial charge in [-0.2, -0.15) is 26.3 Å². The molecular formula is C19H17F6N3O2S. The smallest absolute Gasteiger partial charge is 0.309 e. The highest BCUT2D eigenvalue weighted by molar-refractivity contribution is 7.90. The van der Waals surface area contributed by atoms with Gasteiger partial charge in [-0.15, -0.1) is 0 Å². The molecule has 0 amide bonds. The third kappa shape index (κ3) is 4.69. The molecule has 2 aromatic heterocycles. The molecule has 0 spiro atoms. The number of halogens is 6. The van der Waals surface area contributed by atoms with E-state index >= 15 is 0 Å². The van der Waals surface area contributed by atoms with Crippen molar-refractivity contribution >= 4 is 21.1 Å². The normalized spacial score (nSPS) is 13.3. The van der Waals surface area contributed by atoms with Gasteiger partial charge >= 0.3 is 12.4 Å². The molecule has 0 saturated heterocycles. The van der Waals surface area contributed by atoms with E-state index in [1.54, 1.807) is 26.2 Å². The minimum absolute atomic E-state index is 0.0813. The van der Waals surface area contributed by atoms with E-state index in [0.717, 1.165) is 0 Å². The number of rotatable bonds is 5. The molecule has 0 fully saturated rings. The van der Waals surface area contributed by atoms with Crippen molar-refractivity contribution in [2.45, 2.75) is 23.7 Å². The Morgan fingerprint density at radius 3 is 2.10 bits per heavy atom. The first kappa shape index (κ1) is 23.1. The van der Waals surface area contributed by atoms with Crippen LogP contribution in [0.4, 0.5) is 26.3 Å². The van der Waals surface area contributed by atoms with Crippen LogP contribution in [0.1, 0.15) is 16.7 Å². The second-order valence-corrected chi connectivity index (χ2v) is 8.94. The second-order valence-electron chi connectivity index (χ2n) is 7.12. The van der Waals surface area contributed by atoms with E-state index in [1.807, 2.05) is 4.90 Å². The SMILES string of the molecule is CN(C)CCc1cn(S(=O)(=O)c2cc(C(F)(F)F)cc(C(F)(F)F)c2)c2ncccc12. The van der Waals surface area contributed by atoms with Gasteiger partial charge < -0.3 is 4.90 Å². The first-order valence-corrected chi connectivity index (χ1v) is 10.3. The molecule has 0 unspecified atom stereocenters. The minimum Gasteiger partial charge on any atom is -0.309 e. The number of hydrogen-bond acceptors (Lipinski definition) is 4. The van der Waals surface area contributed by atoms with Gasteiger partial charge in [0.15, 0.2) is 5.65 Å². The van der Waals surface area contributed by atoms with Gasteiger partial charge in [-0.25, -0.2) is 17.4 Å². The number of likely N-dealkylation sites (N-methyl/N-ethyl adjacent to an activating group) is 1. The predicted octanol–water partition coefficient (Wildman–Crippen LogP) is 4.42. The summed E-state index contributed by atoms with van der Waals surface area (Å²) in [5.41, 5.74) is -2.96. The minimum atomic E-state index is -5.17. The fourth-order valence-electron chi connectivity index (χ4n) is 3.01. The third-order valence-corrected chi connectivity index (χ3v) is 6.19. The van der Waals surface area contributed by atoms with Crippen LogP contribution in [0.3, 0.4) is 0 Å². The lowest BCUT2D eigenvalue weighted by Crippen LogP contribution is -2.17. The number of pyridine rings is 1. The zero-order valence-electron chi connectivity index (χ0n) is 16.3. The van der Waals surface area contributed by atoms with Gasteiger partial charge in [-0.05, 0) is 56.4 Å². The maximum atomic E-state index is 13.2. The summed E-state index contributed by atoms with van der Waals surface area (Å²) >= 11 is 0. The molecule has 0 N–H and O–H groups in total. The van der Waals surface area contributed by atoms with E-state index < -0.39 is 38.4 Å². The molecule has 0 atom stereocenters. The second kappa shape index (κ2) is 7.83. The van der Waals surface area contributed by atoms with E-state index in [-0.39, 0.29) is 23.8 Å². The number of fused-ring (bicyclic) bond motifs is 1. The van der Waals surface area contributed by atoms with Crippen LogP contribution in [0.25, 0.3) is 11.0 Å². The number of hydrogen-bond donors (Lipinski definition) is 0. The van der Waals surface area contributed by atoms with E-state index in [4.69, 9.17) is 0 Å². The third-order valence-electron chi connectivity index (χ3n) is 4.56. The van der Waals surface area contributed by atoms with Crippen LogP contribution in [0.5, 0.6) is 0 Å². The maximum absolute atomic E-state index is 13.2. The predicted molar refractivity (Wildman–Crippen MR) is 101 cm³/mol. The summed E-state index contributed by atoms with van der Waals surface area (Å²) in [4.78, 5) is 4.70. The number of aromatic nitrogens is 2. The lowest BCUT2D eigenvalue weighted by Gasteiger charge is -2.15. The standard InChI is InChI=1S/C19H17F6N3O2S/c1-27(2)7-5-12-11-28(17-16(12)4-3-6-26-17)31(29,30)15-9-13(18(20,21)22)8-14(10-15)19(23,24)25/h3-4,6,8-11H,5,7H2,1-2H3. The van der Waals surface area contributed by atoms with Crippen LogP contribution in [-0.2, 0) is 28.8 Å². The Kier molecular flexibility index (Phi) is 5.82. The van der Waals surface area contributed by atoms with Gasteiger partial charge in [0.25, 0.3) is 10.0 Å². The Hall–Kier alpha value is -2.60. The van der Waals surface area contributed by atoms with Gasteiger partial charge in [-0.3, -0.25) is 0 Å². The summed E-state index contributed by atoms with van der Waals surface area (Å²) < 4.78 is 106. The summed E-state index contributed by atoms with van der Waals surface area (Å²) in [5.74, 6) is 0. The average molecular weight is 465 g/mol. The molecular weight excluding hydrogens is 448 g/mol. The van der Waals surface area contributed by atoms with Gasteiger partial charge in [0.1, 0.15) is 0 Å². The molecule has 0 aliphatic heterocycles. The topological polar surface area (TPSA) is 55.2 Å². The highest BCUT2D eigenvalue weighted by Crippen LogP contribution is 2.38. The molecule has 5 nitrogen and oxygen atoms in total. The molecule has 2 heterocycles. The fraction of sp³-hybridized carbons (Fsp3) is 0.316. The van der Waals surface area contributed by atoms with E-state index in [9.17, 15) is 34.8 Å². The summed E-state index contributed by atoms with van der Waals surface area (Å²) in [5, 5.41) is 0.441. The fourth-order valence-corrected chi connectivity index (χ4v) is 4.43. The monoisotopic (exact) mass is 465 g/mol. The Balaban J connectivity index is 2.24. The molecule has 12 heteroatoms. The largest absolute Gasteiger partial charge is 0.416 e. The molecule has 0 bridgehead atoms. The van der Waals surface area contributed by atoms with Crippen molar-refractivity contribution in [3.05, 3.63) is 59.4 Å². The lowest BCUT2D eigenvalue weighted by molar-refractivity contribution is -0.143. The zero-order valence-corrected chi connectivity index (χ0v) is 17.1. The van der Waals surface area contributed by atoms with Crippen molar-refractivity contribution in [3.8, 4) is 0 Å². The van der Waals surface area contributed by atoms with Gasteiger partial charge in [-0.1, -0.05) is 0 Å². The molecule has 31 heavy (non-hydrogen) atoms. The summed E-state index contributed by atoms with van der Waals surface area (Å²) in [6, 6.07) is 3.42. The highest BCUT2D eigenvalue weighted by atomic mass is 32.2. The Bertz CT molecular complexity index is 1180. The molecule has 0 aliphatic rings. The van der Waals surface area contributed by atoms with Crippen molar-refractivity contribution in [2.75, 3.05) is 20.6 Å². The van der Waals surface area contributed by atoms with Crippen molar-refractivity contribution in [1.29, 1.82) is 0 Å². The van der Waals surface area contributed by atoms with E-state index in [0.29, 0.717) is 27.9 Å². The number of alkyl halides is 6. The maximum Gasteiger partial charge on any atom is 0.416 e. The van der Waals surface area contributed by atoms with Crippen molar-refractivity contribution < 1.29 is 34.8 Å². The molecule has 0 saturated carbocycles. The van der Waals surface area contributed by atoms with Gasteiger partial charge in [0.05, 0.1) is 16.0 Å². The van der Waals surface area contributed by atoms with Crippen LogP contribution in [-0.4, -0.2) is 42.9 Å². The van der Waals surface area contributed by atoms with Crippen molar-refractivity contribution in [3.63, 3.8) is 0 Å². The molecule has 1 aromatic carbocycles. The first-order valence-electron chi connectivity index (χ1n) is 8.86. The van der Waals surface area contributed by atoms with E-state index in [1.165, 1.54) is 12.4 Å². The summed E-state index contributed by atoms with van der Waals surface area (Å²) in [6.07, 6.45) is -7.46. The molecule has 0 aliphatic carbocycles. The summed E-state index contributed by atoms with van der Waals surface area (Å²) in [6.45, 7) is 0.538. The van der Waals surface area contributed by atoms with Crippen LogP contribution in [0, 0.1) is 0 Å². The summed E-state index contributed by atoms with van der Waals surface area (Å²) in [7, 11) is -1.21. The average Bonchev–Trinajstić information content (AvgIpc) is 3.04. The number of nitrogens with zero attached hydrogens (tertiary/aromatic N) is 3. The zero-order chi connectivity index (χ0) is 23.2. The lowest BCUT2D eigenvalue weighted by atomic mass is 10.1. The van der Waals surface area contributed by atoms with Crippen LogP contribution >= 0.6 is 0 Å². The first-order chi connectivity index (χ1) is 14.2. The molecule has 3 aromatic rings. The Morgan fingerprint density at radius 1 is 1.00 bits per heavy atom. The van der Waals surface area contributed by atoms with Gasteiger partial charge in [0, 0.05) is 24.3 Å². The Morgan fingerprint density at radius 2 is 1.58 bits per heavy atom. The van der Waals surface area contributed by atoms with Crippen molar-refractivity contribution in [2.24, 2.45) is 0 Å². The van der Waals surface area contributed by atoms with Crippen LogP contribution in [0.15, 0.2) is 47.6 Å². The van der Waals surface area contributed by atoms with E-state index in [2.05, 4.69) is 4.98 Å². The van der Waals surface area contributed by atoms with Gasteiger partial charge in [0.2, 0.25) is 0 Å². The molecule has 168 valence electrons. The molecule has 0 radical (unpaired) electrons.